The van der Waals surface area contributed by atoms with Crippen LogP contribution in [-0.2, 0) is 13.5 Å². The van der Waals surface area contributed by atoms with Crippen LogP contribution in [0.3, 0.4) is 0 Å². The van der Waals surface area contributed by atoms with Crippen LogP contribution in [0.4, 0.5) is 5.95 Å². The van der Waals surface area contributed by atoms with Crippen LogP contribution >= 0.6 is 0 Å². The Morgan fingerprint density at radius 3 is 2.68 bits per heavy atom. The van der Waals surface area contributed by atoms with Gasteiger partial charge in [-0.15, -0.1) is 0 Å². The molecule has 6 nitrogen and oxygen atoms in total. The first kappa shape index (κ1) is 18.6. The summed E-state index contributed by atoms with van der Waals surface area (Å²) in [6.07, 6.45) is 8.13. The van der Waals surface area contributed by atoms with Crippen LogP contribution in [0.15, 0.2) is 48.9 Å². The molecule has 146 valence electrons. The monoisotopic (exact) mass is 376 g/mol. The van der Waals surface area contributed by atoms with Crippen molar-refractivity contribution in [2.75, 3.05) is 38.6 Å². The number of anilines is 1. The van der Waals surface area contributed by atoms with Gasteiger partial charge in [-0.1, -0.05) is 30.3 Å². The highest BCUT2D eigenvalue weighted by atomic mass is 15.2. The number of aromatic nitrogens is 4. The van der Waals surface area contributed by atoms with E-state index in [1.165, 1.54) is 5.56 Å². The molecule has 0 spiro atoms. The molecular formula is C22H28N6. The molecule has 0 bridgehead atoms. The minimum absolute atomic E-state index is 0.424. The second kappa shape index (κ2) is 8.10. The number of likely N-dealkylation sites (tertiary alicyclic amines) is 1. The van der Waals surface area contributed by atoms with E-state index in [4.69, 9.17) is 4.98 Å². The van der Waals surface area contributed by atoms with Crippen LogP contribution in [0, 0.1) is 0 Å². The maximum absolute atomic E-state index is 4.94. The molecule has 0 radical (unpaired) electrons. The zero-order chi connectivity index (χ0) is 19.5. The Balaban J connectivity index is 1.53. The summed E-state index contributed by atoms with van der Waals surface area (Å²) in [4.78, 5) is 14.0. The van der Waals surface area contributed by atoms with Crippen LogP contribution in [0.25, 0.3) is 11.1 Å². The zero-order valence-electron chi connectivity index (χ0n) is 16.9. The lowest BCUT2D eigenvalue weighted by Crippen LogP contribution is -2.23. The molecule has 1 aliphatic rings. The molecule has 1 aromatic carbocycles. The third-order valence-corrected chi connectivity index (χ3v) is 5.44. The highest BCUT2D eigenvalue weighted by Gasteiger charge is 2.28. The maximum Gasteiger partial charge on any atom is 0.225 e. The van der Waals surface area contributed by atoms with Gasteiger partial charge in [0.25, 0.3) is 0 Å². The van der Waals surface area contributed by atoms with Gasteiger partial charge in [-0.05, 0) is 24.9 Å². The van der Waals surface area contributed by atoms with E-state index in [0.29, 0.717) is 5.92 Å². The van der Waals surface area contributed by atoms with Crippen molar-refractivity contribution in [1.29, 1.82) is 0 Å². The van der Waals surface area contributed by atoms with Gasteiger partial charge < -0.3 is 9.80 Å². The Kier molecular flexibility index (Phi) is 5.39. The SMILES string of the molecule is CN(C)c1ncc(-c2cnn(C)c2)c([C@@H]2CCN(CCc3ccccc3)C2)n1. The molecule has 3 aromatic rings. The van der Waals surface area contributed by atoms with Gasteiger partial charge in [-0.25, -0.2) is 9.97 Å². The largest absolute Gasteiger partial charge is 0.347 e. The quantitative estimate of drug-likeness (QED) is 0.662. The van der Waals surface area contributed by atoms with Crippen molar-refractivity contribution in [3.63, 3.8) is 0 Å². The van der Waals surface area contributed by atoms with Gasteiger partial charge in [0.05, 0.1) is 11.9 Å². The molecule has 1 fully saturated rings. The van der Waals surface area contributed by atoms with Crippen LogP contribution < -0.4 is 4.90 Å². The normalized spacial score (nSPS) is 17.2. The van der Waals surface area contributed by atoms with Gasteiger partial charge >= 0.3 is 0 Å². The summed E-state index contributed by atoms with van der Waals surface area (Å²) >= 11 is 0. The molecule has 28 heavy (non-hydrogen) atoms. The van der Waals surface area contributed by atoms with Crippen molar-refractivity contribution in [3.05, 3.63) is 60.2 Å². The Morgan fingerprint density at radius 1 is 1.14 bits per heavy atom. The van der Waals surface area contributed by atoms with Crippen molar-refractivity contribution in [2.24, 2.45) is 7.05 Å². The molecule has 2 aromatic heterocycles. The van der Waals surface area contributed by atoms with E-state index in [0.717, 1.165) is 55.2 Å². The van der Waals surface area contributed by atoms with E-state index < -0.39 is 0 Å². The second-order valence-corrected chi connectivity index (χ2v) is 7.79. The lowest BCUT2D eigenvalue weighted by Gasteiger charge is -2.19. The average Bonchev–Trinajstić information content (AvgIpc) is 3.36. The van der Waals surface area contributed by atoms with Gasteiger partial charge in [0.1, 0.15) is 0 Å². The molecule has 6 heteroatoms. The highest BCUT2D eigenvalue weighted by molar-refractivity contribution is 5.65. The number of hydrogen-bond acceptors (Lipinski definition) is 5. The van der Waals surface area contributed by atoms with Gasteiger partial charge in [0.15, 0.2) is 0 Å². The summed E-state index contributed by atoms with van der Waals surface area (Å²) in [6.45, 7) is 3.25. The summed E-state index contributed by atoms with van der Waals surface area (Å²) in [6, 6.07) is 10.7. The third-order valence-electron chi connectivity index (χ3n) is 5.44. The molecule has 0 amide bonds. The fraction of sp³-hybridized carbons (Fsp3) is 0.409. The highest BCUT2D eigenvalue weighted by Crippen LogP contribution is 2.34. The predicted molar refractivity (Wildman–Crippen MR) is 113 cm³/mol. The lowest BCUT2D eigenvalue weighted by molar-refractivity contribution is 0.338. The van der Waals surface area contributed by atoms with E-state index in [9.17, 15) is 0 Å². The molecule has 3 heterocycles. The molecule has 1 aliphatic heterocycles. The molecule has 4 rings (SSSR count). The van der Waals surface area contributed by atoms with Gasteiger partial charge in [0.2, 0.25) is 5.95 Å². The summed E-state index contributed by atoms with van der Waals surface area (Å²) in [7, 11) is 5.92. The van der Waals surface area contributed by atoms with E-state index in [1.54, 1.807) is 0 Å². The Labute approximate surface area is 166 Å². The number of benzene rings is 1. The molecule has 0 saturated carbocycles. The minimum Gasteiger partial charge on any atom is -0.347 e. The van der Waals surface area contributed by atoms with Gasteiger partial charge in [-0.3, -0.25) is 4.68 Å². The summed E-state index contributed by atoms with van der Waals surface area (Å²) < 4.78 is 1.83. The van der Waals surface area contributed by atoms with E-state index in [-0.39, 0.29) is 0 Å². The fourth-order valence-corrected chi connectivity index (χ4v) is 3.89. The first-order chi connectivity index (χ1) is 13.6. The van der Waals surface area contributed by atoms with Crippen LogP contribution in [0.2, 0.25) is 0 Å². The summed E-state index contributed by atoms with van der Waals surface area (Å²) in [5, 5.41) is 4.34. The van der Waals surface area contributed by atoms with E-state index >= 15 is 0 Å². The molecular weight excluding hydrogens is 348 g/mol. The molecule has 0 unspecified atom stereocenters. The standard InChI is InChI=1S/C22H28N6/c1-26(2)22-23-14-20(19-13-24-27(3)15-19)21(25-22)18-10-12-28(16-18)11-9-17-7-5-4-6-8-17/h4-8,13-15,18H,9-12,16H2,1-3H3/t18-/m1/s1. The number of aryl methyl sites for hydroxylation is 1. The third kappa shape index (κ3) is 4.07. The summed E-state index contributed by atoms with van der Waals surface area (Å²) in [5.74, 6) is 1.19. The van der Waals surface area contributed by atoms with Crippen LogP contribution in [0.1, 0.15) is 23.6 Å². The Bertz CT molecular complexity index is 918. The molecule has 1 saturated heterocycles. The van der Waals surface area contributed by atoms with Crippen molar-refractivity contribution >= 4 is 5.95 Å². The number of nitrogens with zero attached hydrogens (tertiary/aromatic N) is 6. The first-order valence-corrected chi connectivity index (χ1v) is 9.89. The predicted octanol–water partition coefficient (Wildman–Crippen LogP) is 2.98. The number of rotatable bonds is 6. The van der Waals surface area contributed by atoms with E-state index in [1.807, 2.05) is 49.3 Å². The molecule has 0 N–H and O–H groups in total. The second-order valence-electron chi connectivity index (χ2n) is 7.79. The Morgan fingerprint density at radius 2 is 1.96 bits per heavy atom. The van der Waals surface area contributed by atoms with Crippen molar-refractivity contribution in [3.8, 4) is 11.1 Å². The summed E-state index contributed by atoms with van der Waals surface area (Å²) in [5.41, 5.74) is 4.74. The van der Waals surface area contributed by atoms with Crippen molar-refractivity contribution in [1.82, 2.24) is 24.6 Å². The Hall–Kier alpha value is -2.73. The van der Waals surface area contributed by atoms with Crippen molar-refractivity contribution < 1.29 is 0 Å². The smallest absolute Gasteiger partial charge is 0.225 e. The van der Waals surface area contributed by atoms with Crippen LogP contribution in [0.5, 0.6) is 0 Å². The maximum atomic E-state index is 4.94. The molecule has 0 aliphatic carbocycles. The van der Waals surface area contributed by atoms with Gasteiger partial charge in [-0.2, -0.15) is 5.10 Å². The average molecular weight is 377 g/mol. The van der Waals surface area contributed by atoms with Crippen molar-refractivity contribution in [2.45, 2.75) is 18.8 Å². The lowest BCUT2D eigenvalue weighted by atomic mass is 9.97. The zero-order valence-corrected chi connectivity index (χ0v) is 16.9. The number of hydrogen-bond donors (Lipinski definition) is 0. The molecule has 1 atom stereocenters. The van der Waals surface area contributed by atoms with E-state index in [2.05, 4.69) is 45.3 Å². The van der Waals surface area contributed by atoms with Crippen LogP contribution in [-0.4, -0.2) is 58.4 Å². The topological polar surface area (TPSA) is 50.1 Å². The first-order valence-electron chi connectivity index (χ1n) is 9.89. The van der Waals surface area contributed by atoms with Gasteiger partial charge in [0, 0.05) is 63.7 Å². The fourth-order valence-electron chi connectivity index (χ4n) is 3.89. The minimum atomic E-state index is 0.424.